The van der Waals surface area contributed by atoms with Crippen LogP contribution in [0.25, 0.3) is 11.1 Å². The summed E-state index contributed by atoms with van der Waals surface area (Å²) in [5.41, 5.74) is 12.4. The van der Waals surface area contributed by atoms with Gasteiger partial charge in [0.15, 0.2) is 11.6 Å². The zero-order chi connectivity index (χ0) is 26.7. The van der Waals surface area contributed by atoms with E-state index < -0.39 is 29.6 Å². The quantitative estimate of drug-likeness (QED) is 0.393. The second-order valence-corrected chi connectivity index (χ2v) is 9.10. The molecule has 0 spiro atoms. The van der Waals surface area contributed by atoms with E-state index in [1.165, 1.54) is 25.3 Å². The van der Waals surface area contributed by atoms with Gasteiger partial charge < -0.3 is 21.1 Å². The van der Waals surface area contributed by atoms with Crippen molar-refractivity contribution < 1.29 is 27.1 Å². The van der Waals surface area contributed by atoms with Gasteiger partial charge in [-0.3, -0.25) is 4.79 Å². The number of nitrogens with two attached hydrogens (primary N) is 2. The third-order valence-corrected chi connectivity index (χ3v) is 6.55. The highest BCUT2D eigenvalue weighted by Gasteiger charge is 2.38. The number of pyridine rings is 1. The number of benzene rings is 2. The van der Waals surface area contributed by atoms with Gasteiger partial charge in [-0.1, -0.05) is 18.2 Å². The first-order valence-electron chi connectivity index (χ1n) is 12.0. The number of likely N-dealkylation sites (tertiary alicyclic amines) is 1. The van der Waals surface area contributed by atoms with Gasteiger partial charge in [0.25, 0.3) is 0 Å². The van der Waals surface area contributed by atoms with Crippen LogP contribution in [0.15, 0.2) is 48.7 Å². The third-order valence-electron chi connectivity index (χ3n) is 6.55. The lowest BCUT2D eigenvalue weighted by Gasteiger charge is -2.21. The van der Waals surface area contributed by atoms with Crippen LogP contribution in [0.2, 0.25) is 0 Å². The van der Waals surface area contributed by atoms with Gasteiger partial charge in [0.1, 0.15) is 11.9 Å². The monoisotopic (exact) mass is 516 g/mol. The molecule has 1 unspecified atom stereocenters. The molecule has 1 saturated heterocycles. The molecule has 1 amide bonds. The van der Waals surface area contributed by atoms with Gasteiger partial charge in [-0.2, -0.15) is 13.2 Å². The molecule has 0 radical (unpaired) electrons. The van der Waals surface area contributed by atoms with Crippen molar-refractivity contribution in [3.63, 3.8) is 0 Å². The second-order valence-electron chi connectivity index (χ2n) is 9.10. The molecule has 196 valence electrons. The molecule has 4 N–H and O–H groups in total. The fraction of sp³-hybridized carbons (Fsp3) is 0.333. The van der Waals surface area contributed by atoms with E-state index >= 15 is 0 Å². The van der Waals surface area contributed by atoms with Gasteiger partial charge in [-0.05, 0) is 74.7 Å². The molecule has 1 atom stereocenters. The van der Waals surface area contributed by atoms with Crippen LogP contribution in [0.5, 0.6) is 5.75 Å². The van der Waals surface area contributed by atoms with E-state index in [-0.39, 0.29) is 17.1 Å². The zero-order valence-electron chi connectivity index (χ0n) is 20.3. The number of nitrogen functional groups attached to an aromatic ring is 1. The fourth-order valence-corrected chi connectivity index (χ4v) is 4.65. The molecule has 1 fully saturated rings. The number of carbonyl (C=O) groups is 1. The number of primary amides is 1. The van der Waals surface area contributed by atoms with Gasteiger partial charge in [0.2, 0.25) is 5.91 Å². The van der Waals surface area contributed by atoms with Crippen molar-refractivity contribution in [1.82, 2.24) is 9.88 Å². The molecule has 0 saturated carbocycles. The van der Waals surface area contributed by atoms with Crippen LogP contribution in [0.1, 0.15) is 52.9 Å². The van der Waals surface area contributed by atoms with Gasteiger partial charge in [-0.25, -0.2) is 9.37 Å². The predicted octanol–water partition coefficient (Wildman–Crippen LogP) is 5.37. The maximum atomic E-state index is 14.1. The summed E-state index contributed by atoms with van der Waals surface area (Å²) in [6, 6.07) is 9.83. The molecule has 37 heavy (non-hydrogen) atoms. The first-order chi connectivity index (χ1) is 17.5. The molecular formula is C27H28F4N4O2. The van der Waals surface area contributed by atoms with Gasteiger partial charge >= 0.3 is 6.18 Å². The van der Waals surface area contributed by atoms with Crippen LogP contribution in [-0.2, 0) is 12.6 Å². The minimum absolute atomic E-state index is 0.0204. The van der Waals surface area contributed by atoms with E-state index in [0.29, 0.717) is 17.5 Å². The predicted molar refractivity (Wildman–Crippen MR) is 132 cm³/mol. The van der Waals surface area contributed by atoms with Crippen LogP contribution in [0, 0.1) is 5.82 Å². The fourth-order valence-electron chi connectivity index (χ4n) is 4.65. The maximum absolute atomic E-state index is 14.1. The first kappa shape index (κ1) is 26.4. The number of nitrogens with zero attached hydrogens (tertiary/aromatic N) is 2. The van der Waals surface area contributed by atoms with Crippen molar-refractivity contribution >= 4 is 11.7 Å². The second kappa shape index (κ2) is 10.8. The highest BCUT2D eigenvalue weighted by molar-refractivity contribution is 5.93. The number of halogens is 4. The van der Waals surface area contributed by atoms with Crippen LogP contribution >= 0.6 is 0 Å². The lowest BCUT2D eigenvalue weighted by Crippen LogP contribution is -2.22. The summed E-state index contributed by atoms with van der Waals surface area (Å²) in [5, 5.41) is 0. The number of ether oxygens (including phenoxy) is 1. The number of anilines is 1. The van der Waals surface area contributed by atoms with E-state index in [2.05, 4.69) is 9.88 Å². The summed E-state index contributed by atoms with van der Waals surface area (Å²) in [6.45, 7) is 4.23. The Kier molecular flexibility index (Phi) is 7.68. The molecule has 1 aliphatic heterocycles. The maximum Gasteiger partial charge on any atom is 0.419 e. The Morgan fingerprint density at radius 3 is 2.57 bits per heavy atom. The molecule has 6 nitrogen and oxygen atoms in total. The number of carbonyl (C=O) groups excluding carboxylic acids is 1. The lowest BCUT2D eigenvalue weighted by atomic mass is 9.96. The molecule has 1 aromatic heterocycles. The highest BCUT2D eigenvalue weighted by atomic mass is 19.4. The SMILES string of the molecule is CC(Oc1cc(-c2ccc(C(N)=O)cc2CCN2CCCC2)cnc1N)c1cccc(F)c1C(F)(F)F. The van der Waals surface area contributed by atoms with E-state index in [9.17, 15) is 22.4 Å². The molecule has 1 aliphatic rings. The Hall–Kier alpha value is -3.66. The van der Waals surface area contributed by atoms with Crippen molar-refractivity contribution in [2.24, 2.45) is 5.73 Å². The number of hydrogen-bond acceptors (Lipinski definition) is 5. The molecule has 2 aromatic carbocycles. The number of aromatic nitrogens is 1. The minimum atomic E-state index is -4.89. The summed E-state index contributed by atoms with van der Waals surface area (Å²) >= 11 is 0. The third kappa shape index (κ3) is 6.02. The normalized spacial score (nSPS) is 15.1. The molecule has 0 aliphatic carbocycles. The zero-order valence-corrected chi connectivity index (χ0v) is 20.3. The standard InChI is InChI=1S/C27H28F4N4O2/c1-16(20-5-4-6-22(28)24(20)27(29,30)31)37-23-14-19(15-34-25(23)32)21-8-7-18(26(33)36)13-17(21)9-12-35-10-2-3-11-35/h4-8,13-16H,2-3,9-12H2,1H3,(H2,32,34)(H2,33,36). The van der Waals surface area contributed by atoms with E-state index in [1.54, 1.807) is 24.3 Å². The summed E-state index contributed by atoms with van der Waals surface area (Å²) in [4.78, 5) is 18.3. The molecular weight excluding hydrogens is 488 g/mol. The van der Waals surface area contributed by atoms with E-state index in [4.69, 9.17) is 16.2 Å². The topological polar surface area (TPSA) is 94.5 Å². The van der Waals surface area contributed by atoms with Gasteiger partial charge in [0, 0.05) is 29.4 Å². The molecule has 2 heterocycles. The van der Waals surface area contributed by atoms with Crippen molar-refractivity contribution in [1.29, 1.82) is 0 Å². The van der Waals surface area contributed by atoms with E-state index in [0.717, 1.165) is 49.7 Å². The highest BCUT2D eigenvalue weighted by Crippen LogP contribution is 2.39. The van der Waals surface area contributed by atoms with Crippen molar-refractivity contribution in [3.05, 3.63) is 76.7 Å². The largest absolute Gasteiger partial charge is 0.482 e. The molecule has 0 bridgehead atoms. The van der Waals surface area contributed by atoms with Crippen molar-refractivity contribution in [2.75, 3.05) is 25.4 Å². The molecule has 4 rings (SSSR count). The van der Waals surface area contributed by atoms with Crippen LogP contribution in [0.4, 0.5) is 23.4 Å². The molecule has 10 heteroatoms. The smallest absolute Gasteiger partial charge is 0.419 e. The van der Waals surface area contributed by atoms with Crippen molar-refractivity contribution in [2.45, 2.75) is 38.5 Å². The number of hydrogen-bond donors (Lipinski definition) is 2. The first-order valence-corrected chi connectivity index (χ1v) is 12.0. The van der Waals surface area contributed by atoms with E-state index in [1.807, 2.05) is 0 Å². The molecule has 3 aromatic rings. The minimum Gasteiger partial charge on any atom is -0.482 e. The number of alkyl halides is 3. The Labute approximate surface area is 212 Å². The Morgan fingerprint density at radius 1 is 1.16 bits per heavy atom. The number of rotatable bonds is 8. The van der Waals surface area contributed by atoms with Gasteiger partial charge in [0.05, 0.1) is 5.56 Å². The Balaban J connectivity index is 1.66. The summed E-state index contributed by atoms with van der Waals surface area (Å²) < 4.78 is 60.4. The van der Waals surface area contributed by atoms with Crippen LogP contribution < -0.4 is 16.2 Å². The summed E-state index contributed by atoms with van der Waals surface area (Å²) in [7, 11) is 0. The Bertz CT molecular complexity index is 1290. The Morgan fingerprint density at radius 2 is 1.89 bits per heavy atom. The summed E-state index contributed by atoms with van der Waals surface area (Å²) in [6.07, 6.45) is -1.57. The van der Waals surface area contributed by atoms with Gasteiger partial charge in [-0.15, -0.1) is 0 Å². The average molecular weight is 517 g/mol. The van der Waals surface area contributed by atoms with Crippen LogP contribution in [-0.4, -0.2) is 35.4 Å². The number of amides is 1. The summed E-state index contributed by atoms with van der Waals surface area (Å²) in [5.74, 6) is -1.88. The lowest BCUT2D eigenvalue weighted by molar-refractivity contribution is -0.141. The average Bonchev–Trinajstić information content (AvgIpc) is 3.36. The van der Waals surface area contributed by atoms with Crippen LogP contribution in [0.3, 0.4) is 0 Å². The van der Waals surface area contributed by atoms with Crippen molar-refractivity contribution in [3.8, 4) is 16.9 Å².